The first kappa shape index (κ1) is 20.0. The molecule has 148 valence electrons. The second-order valence-corrected chi connectivity index (χ2v) is 7.59. The number of piperazine rings is 1. The molecule has 1 aliphatic heterocycles. The Hall–Kier alpha value is -2.73. The number of carbonyl (C=O) groups excluding carboxylic acids is 2. The molecule has 1 fully saturated rings. The first-order valence-electron chi connectivity index (χ1n) is 9.82. The average Bonchev–Trinajstić information content (AvgIpc) is 2.73. The monoisotopic (exact) mass is 380 g/mol. The quantitative estimate of drug-likeness (QED) is 0.836. The third kappa shape index (κ3) is 5.39. The van der Waals surface area contributed by atoms with Gasteiger partial charge in [0.15, 0.2) is 0 Å². The lowest BCUT2D eigenvalue weighted by Crippen LogP contribution is -2.48. The molecule has 0 spiro atoms. The van der Waals surface area contributed by atoms with Gasteiger partial charge < -0.3 is 10.2 Å². The van der Waals surface area contributed by atoms with Crippen molar-refractivity contribution in [3.8, 4) is 0 Å². The third-order valence-electron chi connectivity index (χ3n) is 4.82. The first-order valence-corrected chi connectivity index (χ1v) is 9.82. The van der Waals surface area contributed by atoms with Gasteiger partial charge in [-0.3, -0.25) is 19.5 Å². The number of carbonyl (C=O) groups is 2. The molecule has 2 heterocycles. The van der Waals surface area contributed by atoms with Crippen LogP contribution >= 0.6 is 0 Å². The smallest absolute Gasteiger partial charge is 0.269 e. The second kappa shape index (κ2) is 9.46. The van der Waals surface area contributed by atoms with Gasteiger partial charge in [0.25, 0.3) is 11.8 Å². The Bertz CT molecular complexity index is 799. The third-order valence-corrected chi connectivity index (χ3v) is 4.82. The Morgan fingerprint density at radius 1 is 1.07 bits per heavy atom. The van der Waals surface area contributed by atoms with E-state index in [1.807, 2.05) is 36.9 Å². The summed E-state index contributed by atoms with van der Waals surface area (Å²) < 4.78 is 0. The Balaban J connectivity index is 1.56. The van der Waals surface area contributed by atoms with E-state index in [-0.39, 0.29) is 17.5 Å². The van der Waals surface area contributed by atoms with Crippen molar-refractivity contribution >= 4 is 11.8 Å². The maximum absolute atomic E-state index is 12.9. The molecule has 2 aromatic rings. The summed E-state index contributed by atoms with van der Waals surface area (Å²) in [5.41, 5.74) is 2.09. The standard InChI is InChI=1S/C22H28N4O2/c1-17(2)15-24-21(27)20-14-19(8-9-23-20)22(28)26-12-10-25(11-13-26)16-18-6-4-3-5-7-18/h3-9,14,17H,10-13,15-16H2,1-2H3,(H,24,27). The van der Waals surface area contributed by atoms with E-state index in [9.17, 15) is 9.59 Å². The molecule has 28 heavy (non-hydrogen) atoms. The van der Waals surface area contributed by atoms with Crippen molar-refractivity contribution in [2.45, 2.75) is 20.4 Å². The molecule has 1 N–H and O–H groups in total. The first-order chi connectivity index (χ1) is 13.5. The minimum atomic E-state index is -0.240. The summed E-state index contributed by atoms with van der Waals surface area (Å²) >= 11 is 0. The van der Waals surface area contributed by atoms with E-state index in [1.165, 1.54) is 11.8 Å². The molecule has 6 heteroatoms. The SMILES string of the molecule is CC(C)CNC(=O)c1cc(C(=O)N2CCN(Cc3ccccc3)CC2)ccn1. The zero-order chi connectivity index (χ0) is 19.9. The number of benzene rings is 1. The lowest BCUT2D eigenvalue weighted by molar-refractivity contribution is 0.0628. The van der Waals surface area contributed by atoms with Crippen molar-refractivity contribution < 1.29 is 9.59 Å². The summed E-state index contributed by atoms with van der Waals surface area (Å²) in [4.78, 5) is 33.4. The van der Waals surface area contributed by atoms with Gasteiger partial charge >= 0.3 is 0 Å². The van der Waals surface area contributed by atoms with Crippen LogP contribution in [0.4, 0.5) is 0 Å². The van der Waals surface area contributed by atoms with Crippen LogP contribution < -0.4 is 5.32 Å². The summed E-state index contributed by atoms with van der Waals surface area (Å²) in [5.74, 6) is 0.0802. The van der Waals surface area contributed by atoms with Crippen molar-refractivity contribution in [1.82, 2.24) is 20.1 Å². The van der Waals surface area contributed by atoms with E-state index in [0.29, 0.717) is 31.1 Å². The number of amides is 2. The fraction of sp³-hybridized carbons (Fsp3) is 0.409. The highest BCUT2D eigenvalue weighted by Gasteiger charge is 2.23. The molecule has 0 atom stereocenters. The van der Waals surface area contributed by atoms with Crippen molar-refractivity contribution in [3.05, 3.63) is 65.5 Å². The lowest BCUT2D eigenvalue weighted by Gasteiger charge is -2.34. The van der Waals surface area contributed by atoms with Crippen LogP contribution in [0, 0.1) is 5.92 Å². The van der Waals surface area contributed by atoms with Crippen LogP contribution in [0.1, 0.15) is 40.3 Å². The molecule has 1 aromatic carbocycles. The normalized spacial score (nSPS) is 14.9. The van der Waals surface area contributed by atoms with Crippen LogP contribution in [-0.4, -0.2) is 59.3 Å². The molecule has 6 nitrogen and oxygen atoms in total. The van der Waals surface area contributed by atoms with E-state index in [0.717, 1.165) is 19.6 Å². The zero-order valence-corrected chi connectivity index (χ0v) is 16.6. The van der Waals surface area contributed by atoms with Gasteiger partial charge in [-0.25, -0.2) is 0 Å². The summed E-state index contributed by atoms with van der Waals surface area (Å²) in [6, 6.07) is 13.6. The summed E-state index contributed by atoms with van der Waals surface area (Å²) in [6.45, 7) is 8.60. The second-order valence-electron chi connectivity index (χ2n) is 7.59. The molecule has 1 saturated heterocycles. The van der Waals surface area contributed by atoms with Gasteiger partial charge in [-0.15, -0.1) is 0 Å². The number of hydrogen-bond acceptors (Lipinski definition) is 4. The molecule has 0 bridgehead atoms. The minimum absolute atomic E-state index is 0.0420. The molecular weight excluding hydrogens is 352 g/mol. The molecule has 0 saturated carbocycles. The summed E-state index contributed by atoms with van der Waals surface area (Å²) in [5, 5.41) is 2.84. The van der Waals surface area contributed by atoms with Crippen molar-refractivity contribution in [1.29, 1.82) is 0 Å². The fourth-order valence-electron chi connectivity index (χ4n) is 3.21. The summed E-state index contributed by atoms with van der Waals surface area (Å²) in [6.07, 6.45) is 1.53. The van der Waals surface area contributed by atoms with Crippen LogP contribution in [0.5, 0.6) is 0 Å². The van der Waals surface area contributed by atoms with Crippen LogP contribution in [0.2, 0.25) is 0 Å². The molecule has 1 aliphatic rings. The van der Waals surface area contributed by atoms with E-state index in [2.05, 4.69) is 27.3 Å². The molecular formula is C22H28N4O2. The topological polar surface area (TPSA) is 65.5 Å². The highest BCUT2D eigenvalue weighted by Crippen LogP contribution is 2.12. The van der Waals surface area contributed by atoms with Gasteiger partial charge in [0, 0.05) is 51.0 Å². The number of nitrogens with one attached hydrogen (secondary N) is 1. The molecule has 2 amide bonds. The van der Waals surface area contributed by atoms with Crippen molar-refractivity contribution in [2.24, 2.45) is 5.92 Å². The molecule has 0 unspecified atom stereocenters. The largest absolute Gasteiger partial charge is 0.350 e. The predicted octanol–water partition coefficient (Wildman–Crippen LogP) is 2.43. The van der Waals surface area contributed by atoms with Crippen molar-refractivity contribution in [2.75, 3.05) is 32.7 Å². The molecule has 1 aromatic heterocycles. The van der Waals surface area contributed by atoms with E-state index in [4.69, 9.17) is 0 Å². The highest BCUT2D eigenvalue weighted by molar-refractivity contribution is 5.98. The van der Waals surface area contributed by atoms with Crippen LogP contribution in [0.15, 0.2) is 48.7 Å². The van der Waals surface area contributed by atoms with Gasteiger partial charge in [0.05, 0.1) is 0 Å². The average molecular weight is 380 g/mol. The number of pyridine rings is 1. The maximum atomic E-state index is 12.9. The Morgan fingerprint density at radius 3 is 2.46 bits per heavy atom. The van der Waals surface area contributed by atoms with Crippen LogP contribution in [0.25, 0.3) is 0 Å². The number of aromatic nitrogens is 1. The van der Waals surface area contributed by atoms with Gasteiger partial charge in [-0.05, 0) is 23.6 Å². The zero-order valence-electron chi connectivity index (χ0n) is 16.6. The van der Waals surface area contributed by atoms with Gasteiger partial charge in [-0.1, -0.05) is 44.2 Å². The van der Waals surface area contributed by atoms with Crippen LogP contribution in [0.3, 0.4) is 0 Å². The number of hydrogen-bond donors (Lipinski definition) is 1. The summed E-state index contributed by atoms with van der Waals surface area (Å²) in [7, 11) is 0. The fourth-order valence-corrected chi connectivity index (χ4v) is 3.21. The predicted molar refractivity (Wildman–Crippen MR) is 109 cm³/mol. The highest BCUT2D eigenvalue weighted by atomic mass is 16.2. The number of rotatable bonds is 6. The lowest BCUT2D eigenvalue weighted by atomic mass is 10.1. The van der Waals surface area contributed by atoms with E-state index in [1.54, 1.807) is 12.1 Å². The van der Waals surface area contributed by atoms with Crippen LogP contribution in [-0.2, 0) is 6.54 Å². The molecule has 0 radical (unpaired) electrons. The Kier molecular flexibility index (Phi) is 6.76. The number of nitrogens with zero attached hydrogens (tertiary/aromatic N) is 3. The van der Waals surface area contributed by atoms with E-state index < -0.39 is 0 Å². The van der Waals surface area contributed by atoms with Gasteiger partial charge in [0.1, 0.15) is 5.69 Å². The molecule has 3 rings (SSSR count). The molecule has 0 aliphatic carbocycles. The van der Waals surface area contributed by atoms with Gasteiger partial charge in [0.2, 0.25) is 0 Å². The van der Waals surface area contributed by atoms with E-state index >= 15 is 0 Å². The maximum Gasteiger partial charge on any atom is 0.269 e. The van der Waals surface area contributed by atoms with Gasteiger partial charge in [-0.2, -0.15) is 0 Å². The Labute approximate surface area is 166 Å². The van der Waals surface area contributed by atoms with Crippen molar-refractivity contribution in [3.63, 3.8) is 0 Å². The Morgan fingerprint density at radius 2 is 1.79 bits per heavy atom. The minimum Gasteiger partial charge on any atom is -0.350 e.